The van der Waals surface area contributed by atoms with Gasteiger partial charge in [0.2, 0.25) is 0 Å². The molecule has 0 saturated carbocycles. The van der Waals surface area contributed by atoms with E-state index in [0.29, 0.717) is 28.6 Å². The van der Waals surface area contributed by atoms with Gasteiger partial charge in [0.25, 0.3) is 0 Å². The second-order valence-electron chi connectivity index (χ2n) is 5.50. The van der Waals surface area contributed by atoms with Gasteiger partial charge < -0.3 is 19.3 Å². The SMILES string of the molecule is COc1cccc(C(O)c2ccc(OC)cc2Oc2ccccc2)c1. The van der Waals surface area contributed by atoms with Gasteiger partial charge in [0, 0.05) is 11.6 Å². The predicted octanol–water partition coefficient (Wildman–Crippen LogP) is 4.58. The van der Waals surface area contributed by atoms with Gasteiger partial charge in [-0.25, -0.2) is 0 Å². The van der Waals surface area contributed by atoms with Crippen molar-refractivity contribution >= 4 is 0 Å². The third kappa shape index (κ3) is 3.92. The number of methoxy groups -OCH3 is 2. The monoisotopic (exact) mass is 336 g/mol. The molecule has 0 aliphatic rings. The molecule has 0 amide bonds. The molecule has 4 nitrogen and oxygen atoms in total. The lowest BCUT2D eigenvalue weighted by Crippen LogP contribution is -2.03. The quantitative estimate of drug-likeness (QED) is 0.716. The fourth-order valence-corrected chi connectivity index (χ4v) is 2.56. The van der Waals surface area contributed by atoms with Gasteiger partial charge in [0.15, 0.2) is 0 Å². The molecule has 0 bridgehead atoms. The Morgan fingerprint density at radius 3 is 2.12 bits per heavy atom. The first-order valence-corrected chi connectivity index (χ1v) is 7.94. The second-order valence-corrected chi connectivity index (χ2v) is 5.50. The molecule has 1 atom stereocenters. The highest BCUT2D eigenvalue weighted by Crippen LogP contribution is 2.36. The summed E-state index contributed by atoms with van der Waals surface area (Å²) in [6, 6.07) is 22.2. The van der Waals surface area contributed by atoms with Crippen LogP contribution in [0, 0.1) is 0 Å². The molecule has 0 saturated heterocycles. The molecule has 3 aromatic rings. The van der Waals surface area contributed by atoms with Crippen molar-refractivity contribution in [3.8, 4) is 23.0 Å². The van der Waals surface area contributed by atoms with Crippen molar-refractivity contribution in [1.29, 1.82) is 0 Å². The van der Waals surface area contributed by atoms with Gasteiger partial charge >= 0.3 is 0 Å². The maximum Gasteiger partial charge on any atom is 0.137 e. The van der Waals surface area contributed by atoms with Crippen molar-refractivity contribution in [2.75, 3.05) is 14.2 Å². The van der Waals surface area contributed by atoms with Crippen LogP contribution in [0.4, 0.5) is 0 Å². The number of benzene rings is 3. The highest BCUT2D eigenvalue weighted by Gasteiger charge is 2.18. The van der Waals surface area contributed by atoms with E-state index in [1.807, 2.05) is 48.5 Å². The summed E-state index contributed by atoms with van der Waals surface area (Å²) in [7, 11) is 3.20. The van der Waals surface area contributed by atoms with E-state index in [-0.39, 0.29) is 0 Å². The number of rotatable bonds is 6. The number of hydrogen-bond acceptors (Lipinski definition) is 4. The van der Waals surface area contributed by atoms with Crippen LogP contribution in [-0.4, -0.2) is 19.3 Å². The van der Waals surface area contributed by atoms with Crippen LogP contribution in [0.15, 0.2) is 72.8 Å². The van der Waals surface area contributed by atoms with E-state index in [1.54, 1.807) is 38.5 Å². The zero-order chi connectivity index (χ0) is 17.6. The molecule has 1 N–H and O–H groups in total. The van der Waals surface area contributed by atoms with Gasteiger partial charge in [0.05, 0.1) is 14.2 Å². The Bertz CT molecular complexity index is 830. The minimum Gasteiger partial charge on any atom is -0.497 e. The molecule has 0 aromatic heterocycles. The number of aliphatic hydroxyl groups excluding tert-OH is 1. The Morgan fingerprint density at radius 1 is 0.720 bits per heavy atom. The first-order chi connectivity index (χ1) is 12.2. The second kappa shape index (κ2) is 7.73. The highest BCUT2D eigenvalue weighted by atomic mass is 16.5. The summed E-state index contributed by atoms with van der Waals surface area (Å²) in [6.07, 6.45) is -0.847. The van der Waals surface area contributed by atoms with Gasteiger partial charge in [-0.1, -0.05) is 30.3 Å². The Balaban J connectivity index is 1.99. The maximum atomic E-state index is 10.9. The summed E-state index contributed by atoms with van der Waals surface area (Å²) in [5.74, 6) is 2.58. The largest absolute Gasteiger partial charge is 0.497 e. The minimum absolute atomic E-state index is 0.542. The number of aliphatic hydroxyl groups is 1. The molecule has 0 spiro atoms. The lowest BCUT2D eigenvalue weighted by atomic mass is 10.00. The number of para-hydroxylation sites is 1. The van der Waals surface area contributed by atoms with Crippen molar-refractivity contribution < 1.29 is 19.3 Å². The van der Waals surface area contributed by atoms with E-state index in [4.69, 9.17) is 14.2 Å². The number of hydrogen-bond donors (Lipinski definition) is 1. The normalized spacial score (nSPS) is 11.6. The van der Waals surface area contributed by atoms with E-state index >= 15 is 0 Å². The smallest absolute Gasteiger partial charge is 0.137 e. The summed E-state index contributed by atoms with van der Waals surface area (Å²) in [4.78, 5) is 0. The third-order valence-electron chi connectivity index (χ3n) is 3.90. The van der Waals surface area contributed by atoms with Gasteiger partial charge in [-0.3, -0.25) is 0 Å². The lowest BCUT2D eigenvalue weighted by molar-refractivity contribution is 0.215. The Kier molecular flexibility index (Phi) is 5.21. The van der Waals surface area contributed by atoms with Crippen LogP contribution in [0.25, 0.3) is 0 Å². The van der Waals surface area contributed by atoms with Crippen molar-refractivity contribution in [3.63, 3.8) is 0 Å². The predicted molar refractivity (Wildman–Crippen MR) is 96.6 cm³/mol. The Labute approximate surface area is 147 Å². The van der Waals surface area contributed by atoms with Crippen molar-refractivity contribution in [1.82, 2.24) is 0 Å². The highest BCUT2D eigenvalue weighted by molar-refractivity contribution is 5.47. The summed E-state index contributed by atoms with van der Waals surface area (Å²) in [6.45, 7) is 0. The summed E-state index contributed by atoms with van der Waals surface area (Å²) >= 11 is 0. The molecule has 0 heterocycles. The molecule has 0 fully saturated rings. The van der Waals surface area contributed by atoms with Gasteiger partial charge in [0.1, 0.15) is 29.1 Å². The van der Waals surface area contributed by atoms with Gasteiger partial charge in [-0.05, 0) is 42.0 Å². The van der Waals surface area contributed by atoms with E-state index < -0.39 is 6.10 Å². The third-order valence-corrected chi connectivity index (χ3v) is 3.90. The summed E-state index contributed by atoms with van der Waals surface area (Å²) in [5.41, 5.74) is 1.38. The molecular weight excluding hydrogens is 316 g/mol. The van der Waals surface area contributed by atoms with Gasteiger partial charge in [-0.2, -0.15) is 0 Å². The van der Waals surface area contributed by atoms with Crippen molar-refractivity contribution in [2.45, 2.75) is 6.10 Å². The molecule has 4 heteroatoms. The molecule has 3 aromatic carbocycles. The molecule has 128 valence electrons. The van der Waals surface area contributed by atoms with E-state index in [9.17, 15) is 5.11 Å². The van der Waals surface area contributed by atoms with Crippen molar-refractivity contribution in [2.24, 2.45) is 0 Å². The minimum atomic E-state index is -0.847. The van der Waals surface area contributed by atoms with Gasteiger partial charge in [-0.15, -0.1) is 0 Å². The van der Waals surface area contributed by atoms with Crippen LogP contribution < -0.4 is 14.2 Å². The maximum absolute atomic E-state index is 10.9. The molecule has 1 unspecified atom stereocenters. The summed E-state index contributed by atoms with van der Waals surface area (Å²) < 4.78 is 16.5. The van der Waals surface area contributed by atoms with Crippen LogP contribution in [-0.2, 0) is 0 Å². The molecule has 0 aliphatic heterocycles. The Hall–Kier alpha value is -2.98. The topological polar surface area (TPSA) is 47.9 Å². The first kappa shape index (κ1) is 16.9. The molecule has 25 heavy (non-hydrogen) atoms. The van der Waals surface area contributed by atoms with Crippen LogP contribution in [0.2, 0.25) is 0 Å². The average Bonchev–Trinajstić information content (AvgIpc) is 2.68. The molecule has 0 aliphatic carbocycles. The van der Waals surface area contributed by atoms with E-state index in [2.05, 4.69) is 0 Å². The fraction of sp³-hybridized carbons (Fsp3) is 0.143. The van der Waals surface area contributed by atoms with E-state index in [1.165, 1.54) is 0 Å². The van der Waals surface area contributed by atoms with Crippen LogP contribution in [0.5, 0.6) is 23.0 Å². The average molecular weight is 336 g/mol. The molecule has 3 rings (SSSR count). The first-order valence-electron chi connectivity index (χ1n) is 7.94. The summed E-state index contributed by atoms with van der Waals surface area (Å²) in [5, 5.41) is 10.9. The van der Waals surface area contributed by atoms with E-state index in [0.717, 1.165) is 5.56 Å². The lowest BCUT2D eigenvalue weighted by Gasteiger charge is -2.18. The number of ether oxygens (including phenoxy) is 3. The van der Waals surface area contributed by atoms with Crippen molar-refractivity contribution in [3.05, 3.63) is 83.9 Å². The zero-order valence-electron chi connectivity index (χ0n) is 14.2. The Morgan fingerprint density at radius 2 is 1.40 bits per heavy atom. The van der Waals surface area contributed by atoms with Crippen LogP contribution in [0.3, 0.4) is 0 Å². The standard InChI is InChI=1S/C21H20O4/c1-23-17-10-6-7-15(13-17)21(22)19-12-11-18(24-2)14-20(19)25-16-8-4-3-5-9-16/h3-14,21-22H,1-2H3. The zero-order valence-corrected chi connectivity index (χ0v) is 14.2. The van der Waals surface area contributed by atoms with Crippen LogP contribution >= 0.6 is 0 Å². The molecular formula is C21H20O4. The van der Waals surface area contributed by atoms with Crippen LogP contribution in [0.1, 0.15) is 17.2 Å². The molecule has 0 radical (unpaired) electrons. The fourth-order valence-electron chi connectivity index (χ4n) is 2.56.